The van der Waals surface area contributed by atoms with Gasteiger partial charge in [0.1, 0.15) is 17.4 Å². The third-order valence-corrected chi connectivity index (χ3v) is 1.11. The van der Waals surface area contributed by atoms with Crippen LogP contribution in [0, 0.1) is 0 Å². The summed E-state index contributed by atoms with van der Waals surface area (Å²) in [5.41, 5.74) is 1.72. The smallest absolute Gasteiger partial charge is 0.116 e. The van der Waals surface area contributed by atoms with E-state index in [1.165, 1.54) is 6.33 Å². The summed E-state index contributed by atoms with van der Waals surface area (Å²) in [7, 11) is 0. The lowest BCUT2D eigenvalue weighted by Crippen LogP contribution is -1.74. The number of hydrogen-bond acceptors (Lipinski definition) is 5. The molecule has 0 radical (unpaired) electrons. The van der Waals surface area contributed by atoms with Crippen molar-refractivity contribution in [2.45, 2.75) is 0 Å². The van der Waals surface area contributed by atoms with Crippen LogP contribution in [0.25, 0.3) is 11.0 Å². The molecule has 6 heteroatoms. The first-order chi connectivity index (χ1) is 4.47. The summed E-state index contributed by atoms with van der Waals surface area (Å²) in [4.78, 5) is 7.74. The van der Waals surface area contributed by atoms with Gasteiger partial charge >= 0.3 is 0 Å². The van der Waals surface area contributed by atoms with Crippen LogP contribution in [0.2, 0.25) is 0 Å². The van der Waals surface area contributed by atoms with Crippen LogP contribution in [-0.2, 0) is 0 Å². The first kappa shape index (κ1) is 9.47. The van der Waals surface area contributed by atoms with Crippen LogP contribution in [0.3, 0.4) is 0 Å². The highest BCUT2D eigenvalue weighted by atomic mass is 15.1. The third-order valence-electron chi connectivity index (χ3n) is 1.11. The maximum Gasteiger partial charge on any atom is 0.116 e. The van der Waals surface area contributed by atoms with Crippen molar-refractivity contribution in [2.24, 2.45) is 0 Å². The minimum absolute atomic E-state index is 0. The topological polar surface area (TPSA) is 124 Å². The highest BCUT2D eigenvalue weighted by Crippen LogP contribution is 2.00. The van der Waals surface area contributed by atoms with Crippen LogP contribution < -0.4 is 12.3 Å². The quantitative estimate of drug-likeness (QED) is 0.514. The van der Waals surface area contributed by atoms with Gasteiger partial charge in [-0.3, -0.25) is 5.10 Å². The van der Waals surface area contributed by atoms with Gasteiger partial charge in [-0.15, -0.1) is 0 Å². The number of rotatable bonds is 0. The molecule has 0 spiro atoms. The Kier molecular flexibility index (Phi) is 3.09. The van der Waals surface area contributed by atoms with Gasteiger partial charge in [0.25, 0.3) is 0 Å². The fourth-order valence-corrected chi connectivity index (χ4v) is 0.691. The SMILES string of the molecule is N.N.c1ncc2[nH]ncc2n1. The summed E-state index contributed by atoms with van der Waals surface area (Å²) >= 11 is 0. The molecule has 2 aromatic rings. The fraction of sp³-hybridized carbons (Fsp3) is 0. The van der Waals surface area contributed by atoms with E-state index in [0.29, 0.717) is 0 Å². The van der Waals surface area contributed by atoms with Gasteiger partial charge in [0.2, 0.25) is 0 Å². The average molecular weight is 154 g/mol. The highest BCUT2D eigenvalue weighted by molar-refractivity contribution is 5.71. The second-order valence-corrected chi connectivity index (χ2v) is 1.69. The third kappa shape index (κ3) is 1.48. The molecule has 0 unspecified atom stereocenters. The molecule has 11 heavy (non-hydrogen) atoms. The van der Waals surface area contributed by atoms with E-state index in [1.54, 1.807) is 12.4 Å². The number of aromatic nitrogens is 4. The van der Waals surface area contributed by atoms with Gasteiger partial charge in [-0.05, 0) is 0 Å². The largest absolute Gasteiger partial charge is 0.344 e. The Labute approximate surface area is 63.2 Å². The van der Waals surface area contributed by atoms with Crippen LogP contribution in [0.15, 0.2) is 18.7 Å². The molecular formula is C5H10N6. The van der Waals surface area contributed by atoms with E-state index < -0.39 is 0 Å². The van der Waals surface area contributed by atoms with Gasteiger partial charge < -0.3 is 12.3 Å². The van der Waals surface area contributed by atoms with Crippen molar-refractivity contribution in [3.05, 3.63) is 18.7 Å². The minimum atomic E-state index is 0. The van der Waals surface area contributed by atoms with E-state index in [9.17, 15) is 0 Å². The zero-order valence-corrected chi connectivity index (χ0v) is 5.99. The molecule has 0 aliphatic heterocycles. The molecule has 6 nitrogen and oxygen atoms in total. The van der Waals surface area contributed by atoms with Crippen molar-refractivity contribution in [1.29, 1.82) is 0 Å². The van der Waals surface area contributed by atoms with Crippen molar-refractivity contribution in [2.75, 3.05) is 0 Å². The number of nitrogens with one attached hydrogen (secondary N) is 1. The zero-order valence-electron chi connectivity index (χ0n) is 5.99. The Bertz CT molecular complexity index is 285. The molecule has 0 saturated carbocycles. The van der Waals surface area contributed by atoms with Crippen LogP contribution in [0.4, 0.5) is 0 Å². The molecule has 0 bridgehead atoms. The molecule has 2 aromatic heterocycles. The Hall–Kier alpha value is -1.53. The van der Waals surface area contributed by atoms with Gasteiger partial charge in [-0.25, -0.2) is 9.97 Å². The maximum atomic E-state index is 3.94. The van der Waals surface area contributed by atoms with Crippen LogP contribution in [0.1, 0.15) is 0 Å². The Morgan fingerprint density at radius 1 is 1.18 bits per heavy atom. The monoisotopic (exact) mass is 154 g/mol. The predicted molar refractivity (Wildman–Crippen MR) is 41.7 cm³/mol. The summed E-state index contributed by atoms with van der Waals surface area (Å²) in [5, 5.41) is 6.52. The number of aromatic amines is 1. The second-order valence-electron chi connectivity index (χ2n) is 1.69. The molecule has 60 valence electrons. The van der Waals surface area contributed by atoms with E-state index in [0.717, 1.165) is 11.0 Å². The van der Waals surface area contributed by atoms with Crippen molar-refractivity contribution < 1.29 is 0 Å². The standard InChI is InChI=1S/C5H4N4.2H3N/c1-5-4(2-8-9-5)7-3-6-1;;/h1-3H,(H,8,9);2*1H3. The summed E-state index contributed by atoms with van der Waals surface area (Å²) in [6.07, 6.45) is 4.85. The first-order valence-corrected chi connectivity index (χ1v) is 2.56. The van der Waals surface area contributed by atoms with E-state index in [4.69, 9.17) is 0 Å². The van der Waals surface area contributed by atoms with E-state index >= 15 is 0 Å². The summed E-state index contributed by atoms with van der Waals surface area (Å²) in [5.74, 6) is 0. The number of nitrogens with zero attached hydrogens (tertiary/aromatic N) is 3. The van der Waals surface area contributed by atoms with Crippen LogP contribution in [0.5, 0.6) is 0 Å². The number of hydrogen-bond donors (Lipinski definition) is 3. The maximum absolute atomic E-state index is 3.94. The van der Waals surface area contributed by atoms with Gasteiger partial charge in [-0.2, -0.15) is 5.10 Å². The fourth-order valence-electron chi connectivity index (χ4n) is 0.691. The minimum Gasteiger partial charge on any atom is -0.344 e. The van der Waals surface area contributed by atoms with Gasteiger partial charge in [-0.1, -0.05) is 0 Å². The molecule has 0 amide bonds. The molecule has 2 rings (SSSR count). The molecule has 0 fully saturated rings. The van der Waals surface area contributed by atoms with Crippen molar-refractivity contribution >= 4 is 11.0 Å². The number of fused-ring (bicyclic) bond motifs is 1. The molecule has 0 aliphatic carbocycles. The molecule has 0 saturated heterocycles. The Morgan fingerprint density at radius 2 is 2.00 bits per heavy atom. The molecule has 0 aromatic carbocycles. The first-order valence-electron chi connectivity index (χ1n) is 2.56. The summed E-state index contributed by atoms with van der Waals surface area (Å²) in [6.45, 7) is 0. The van der Waals surface area contributed by atoms with E-state index in [2.05, 4.69) is 20.2 Å². The zero-order chi connectivity index (χ0) is 6.10. The molecular weight excluding hydrogens is 144 g/mol. The molecule has 2 heterocycles. The van der Waals surface area contributed by atoms with Crippen molar-refractivity contribution in [1.82, 2.24) is 32.5 Å². The van der Waals surface area contributed by atoms with E-state index in [1.807, 2.05) is 0 Å². The lowest BCUT2D eigenvalue weighted by Gasteiger charge is -1.80. The predicted octanol–water partition coefficient (Wildman–Crippen LogP) is 0.677. The average Bonchev–Trinajstić information content (AvgIpc) is 2.33. The van der Waals surface area contributed by atoms with Gasteiger partial charge in [0.15, 0.2) is 0 Å². The lowest BCUT2D eigenvalue weighted by molar-refractivity contribution is 1.11. The second kappa shape index (κ2) is 3.59. The summed E-state index contributed by atoms with van der Waals surface area (Å²) in [6, 6.07) is 0. The van der Waals surface area contributed by atoms with Crippen LogP contribution in [-0.4, -0.2) is 20.2 Å². The van der Waals surface area contributed by atoms with Gasteiger partial charge in [0, 0.05) is 0 Å². The van der Waals surface area contributed by atoms with Gasteiger partial charge in [0.05, 0.1) is 12.4 Å². The van der Waals surface area contributed by atoms with E-state index in [-0.39, 0.29) is 12.3 Å². The molecule has 0 atom stereocenters. The van der Waals surface area contributed by atoms with Crippen molar-refractivity contribution in [3.63, 3.8) is 0 Å². The number of H-pyrrole nitrogens is 1. The molecule has 7 N–H and O–H groups in total. The van der Waals surface area contributed by atoms with Crippen molar-refractivity contribution in [3.8, 4) is 0 Å². The normalized spacial score (nSPS) is 8.36. The lowest BCUT2D eigenvalue weighted by atomic mass is 10.5. The Morgan fingerprint density at radius 3 is 2.73 bits per heavy atom. The summed E-state index contributed by atoms with van der Waals surface area (Å²) < 4.78 is 0. The molecule has 0 aliphatic rings. The highest BCUT2D eigenvalue weighted by Gasteiger charge is 1.90. The van der Waals surface area contributed by atoms with Crippen LogP contribution >= 0.6 is 0 Å². The Balaban J connectivity index is 0.000000500.